The first kappa shape index (κ1) is 8.74. The van der Waals surface area contributed by atoms with Crippen LogP contribution in [0.3, 0.4) is 0 Å². The Morgan fingerprint density at radius 2 is 2.21 bits per heavy atom. The molecular weight excluding hydrogens is 178 g/mol. The molecule has 0 bridgehead atoms. The summed E-state index contributed by atoms with van der Waals surface area (Å²) in [6.45, 7) is 1.85. The fraction of sp³-hybridized carbons (Fsp3) is 0.200. The molecule has 0 aliphatic carbocycles. The molecule has 0 aromatic carbocycles. The molecule has 0 saturated carbocycles. The Labute approximate surface area is 81.7 Å². The molecule has 14 heavy (non-hydrogen) atoms. The molecule has 72 valence electrons. The van der Waals surface area contributed by atoms with Gasteiger partial charge in [0.2, 0.25) is 0 Å². The lowest BCUT2D eigenvalue weighted by Crippen LogP contribution is -1.95. The van der Waals surface area contributed by atoms with E-state index < -0.39 is 0 Å². The summed E-state index contributed by atoms with van der Waals surface area (Å²) in [5, 5.41) is 9.69. The van der Waals surface area contributed by atoms with Gasteiger partial charge in [0.25, 0.3) is 0 Å². The number of hydrogen-bond acceptors (Lipinski definition) is 3. The number of rotatable bonds is 2. The molecule has 0 fully saturated rings. The molecule has 0 atom stereocenters. The van der Waals surface area contributed by atoms with Crippen LogP contribution in [0.15, 0.2) is 24.7 Å². The molecule has 2 aromatic heterocycles. The summed E-state index contributed by atoms with van der Waals surface area (Å²) in [6, 6.07) is 1.78. The lowest BCUT2D eigenvalue weighted by atomic mass is 10.2. The highest BCUT2D eigenvalue weighted by Gasteiger charge is 2.06. The van der Waals surface area contributed by atoms with Gasteiger partial charge in [0.1, 0.15) is 11.6 Å². The monoisotopic (exact) mass is 189 g/mol. The van der Waals surface area contributed by atoms with E-state index >= 15 is 0 Å². The van der Waals surface area contributed by atoms with Crippen LogP contribution in [0.4, 0.5) is 0 Å². The molecule has 0 aliphatic rings. The third kappa shape index (κ3) is 1.59. The van der Waals surface area contributed by atoms with Crippen LogP contribution in [0, 0.1) is 6.92 Å². The van der Waals surface area contributed by atoms with Crippen molar-refractivity contribution in [3.05, 3.63) is 41.7 Å². The zero-order valence-electron chi connectivity index (χ0n) is 7.86. The fourth-order valence-electron chi connectivity index (χ4n) is 1.29. The molecule has 0 aliphatic heterocycles. The predicted octanol–water partition coefficient (Wildman–Crippen LogP) is 1.41. The molecule has 4 heteroatoms. The summed E-state index contributed by atoms with van der Waals surface area (Å²) in [5.41, 5.74) is 1.49. The van der Waals surface area contributed by atoms with Gasteiger partial charge < -0.3 is 10.1 Å². The Balaban J connectivity index is 2.29. The van der Waals surface area contributed by atoms with Crippen molar-refractivity contribution in [1.82, 2.24) is 15.0 Å². The van der Waals surface area contributed by atoms with Gasteiger partial charge in [-0.25, -0.2) is 4.98 Å². The van der Waals surface area contributed by atoms with Crippen molar-refractivity contribution in [3.8, 4) is 5.75 Å². The molecule has 0 saturated heterocycles. The third-order valence-corrected chi connectivity index (χ3v) is 2.09. The van der Waals surface area contributed by atoms with Gasteiger partial charge in [0.05, 0.1) is 12.1 Å². The highest BCUT2D eigenvalue weighted by atomic mass is 16.3. The molecule has 0 unspecified atom stereocenters. The molecule has 2 heterocycles. The Hall–Kier alpha value is -1.84. The minimum Gasteiger partial charge on any atom is -0.506 e. The molecule has 2 rings (SSSR count). The fourth-order valence-corrected chi connectivity index (χ4v) is 1.29. The number of pyridine rings is 1. The zero-order valence-corrected chi connectivity index (χ0v) is 7.86. The van der Waals surface area contributed by atoms with E-state index in [-0.39, 0.29) is 5.75 Å². The maximum Gasteiger partial charge on any atom is 0.140 e. The van der Waals surface area contributed by atoms with E-state index in [0.29, 0.717) is 12.1 Å². The first-order valence-electron chi connectivity index (χ1n) is 4.39. The number of nitrogens with zero attached hydrogens (tertiary/aromatic N) is 2. The van der Waals surface area contributed by atoms with E-state index in [1.807, 2.05) is 6.92 Å². The zero-order chi connectivity index (χ0) is 9.97. The second-order valence-corrected chi connectivity index (χ2v) is 3.14. The summed E-state index contributed by atoms with van der Waals surface area (Å²) >= 11 is 0. The Bertz CT molecular complexity index is 423. The van der Waals surface area contributed by atoms with Gasteiger partial charge >= 0.3 is 0 Å². The molecule has 2 N–H and O–H groups in total. The van der Waals surface area contributed by atoms with Crippen molar-refractivity contribution in [1.29, 1.82) is 0 Å². The summed E-state index contributed by atoms with van der Waals surface area (Å²) in [5.74, 6) is 1.06. The maximum absolute atomic E-state index is 9.69. The first-order chi connectivity index (χ1) is 6.77. The minimum absolute atomic E-state index is 0.254. The van der Waals surface area contributed by atoms with Crippen molar-refractivity contribution in [3.63, 3.8) is 0 Å². The summed E-state index contributed by atoms with van der Waals surface area (Å²) in [6.07, 6.45) is 5.65. The average Bonchev–Trinajstić information content (AvgIpc) is 2.66. The molecular formula is C10H11N3O. The summed E-state index contributed by atoms with van der Waals surface area (Å²) in [7, 11) is 0. The van der Waals surface area contributed by atoms with E-state index in [9.17, 15) is 5.11 Å². The van der Waals surface area contributed by atoms with Crippen molar-refractivity contribution < 1.29 is 5.11 Å². The van der Waals surface area contributed by atoms with Gasteiger partial charge in [-0.2, -0.15) is 0 Å². The Morgan fingerprint density at radius 3 is 2.93 bits per heavy atom. The first-order valence-corrected chi connectivity index (χ1v) is 4.39. The topological polar surface area (TPSA) is 61.8 Å². The van der Waals surface area contributed by atoms with Crippen LogP contribution in [-0.4, -0.2) is 20.1 Å². The maximum atomic E-state index is 9.69. The second-order valence-electron chi connectivity index (χ2n) is 3.14. The molecule has 2 aromatic rings. The third-order valence-electron chi connectivity index (χ3n) is 2.09. The number of aromatic amines is 1. The lowest BCUT2D eigenvalue weighted by Gasteiger charge is -2.03. The number of aromatic hydroxyl groups is 1. The van der Waals surface area contributed by atoms with E-state index in [1.54, 1.807) is 24.7 Å². The Kier molecular flexibility index (Phi) is 2.18. The quantitative estimate of drug-likeness (QED) is 0.750. The largest absolute Gasteiger partial charge is 0.506 e. The van der Waals surface area contributed by atoms with Gasteiger partial charge in [-0.05, 0) is 18.6 Å². The SMILES string of the molecule is Cc1ccnc(Cc2ncc[nH]2)c1O. The number of aromatic nitrogens is 3. The lowest BCUT2D eigenvalue weighted by molar-refractivity contribution is 0.461. The van der Waals surface area contributed by atoms with E-state index in [1.165, 1.54) is 0 Å². The number of imidazole rings is 1. The van der Waals surface area contributed by atoms with Gasteiger partial charge in [-0.1, -0.05) is 0 Å². The average molecular weight is 189 g/mol. The molecule has 0 radical (unpaired) electrons. The second kappa shape index (κ2) is 3.49. The van der Waals surface area contributed by atoms with Gasteiger partial charge in [-0.3, -0.25) is 4.98 Å². The van der Waals surface area contributed by atoms with Crippen molar-refractivity contribution in [2.24, 2.45) is 0 Å². The normalized spacial score (nSPS) is 10.4. The van der Waals surface area contributed by atoms with Crippen molar-refractivity contribution in [2.45, 2.75) is 13.3 Å². The Morgan fingerprint density at radius 1 is 1.36 bits per heavy atom. The minimum atomic E-state index is 0.254. The molecule has 0 spiro atoms. The van der Waals surface area contributed by atoms with Crippen LogP contribution in [0.2, 0.25) is 0 Å². The van der Waals surface area contributed by atoms with E-state index in [2.05, 4.69) is 15.0 Å². The van der Waals surface area contributed by atoms with Crippen LogP contribution < -0.4 is 0 Å². The van der Waals surface area contributed by atoms with Gasteiger partial charge in [-0.15, -0.1) is 0 Å². The summed E-state index contributed by atoms with van der Waals surface area (Å²) < 4.78 is 0. The number of H-pyrrole nitrogens is 1. The highest BCUT2D eigenvalue weighted by Crippen LogP contribution is 2.20. The van der Waals surface area contributed by atoms with Gasteiger partial charge in [0, 0.05) is 18.6 Å². The van der Waals surface area contributed by atoms with Crippen LogP contribution in [-0.2, 0) is 6.42 Å². The molecule has 0 amide bonds. The van der Waals surface area contributed by atoms with Gasteiger partial charge in [0.15, 0.2) is 0 Å². The van der Waals surface area contributed by atoms with Crippen molar-refractivity contribution in [2.75, 3.05) is 0 Å². The van der Waals surface area contributed by atoms with Crippen LogP contribution in [0.5, 0.6) is 5.75 Å². The number of aryl methyl sites for hydroxylation is 1. The van der Waals surface area contributed by atoms with E-state index in [4.69, 9.17) is 0 Å². The number of nitrogens with one attached hydrogen (secondary N) is 1. The van der Waals surface area contributed by atoms with Crippen LogP contribution in [0.25, 0.3) is 0 Å². The van der Waals surface area contributed by atoms with E-state index in [0.717, 1.165) is 11.4 Å². The van der Waals surface area contributed by atoms with Crippen LogP contribution in [0.1, 0.15) is 17.1 Å². The highest BCUT2D eigenvalue weighted by molar-refractivity contribution is 5.35. The van der Waals surface area contributed by atoms with Crippen LogP contribution >= 0.6 is 0 Å². The smallest absolute Gasteiger partial charge is 0.140 e. The summed E-state index contributed by atoms with van der Waals surface area (Å²) in [4.78, 5) is 11.1. The molecule has 4 nitrogen and oxygen atoms in total. The number of hydrogen-bond donors (Lipinski definition) is 2. The van der Waals surface area contributed by atoms with Crippen molar-refractivity contribution >= 4 is 0 Å². The standard InChI is InChI=1S/C10H11N3O/c1-7-2-3-11-8(10(7)14)6-9-12-4-5-13-9/h2-5,14H,6H2,1H3,(H,12,13). The predicted molar refractivity (Wildman–Crippen MR) is 52.0 cm³/mol.